The molecule has 0 bridgehead atoms. The van der Waals surface area contributed by atoms with E-state index in [9.17, 15) is 8.42 Å². The van der Waals surface area contributed by atoms with E-state index < -0.39 is 9.84 Å². The largest absolute Gasteiger partial charge is 0.316 e. The average Bonchev–Trinajstić information content (AvgIpc) is 2.81. The molecule has 2 rings (SSSR count). The van der Waals surface area contributed by atoms with Crippen LogP contribution in [0.1, 0.15) is 52.4 Å². The van der Waals surface area contributed by atoms with Crippen molar-refractivity contribution in [3.05, 3.63) is 0 Å². The third-order valence-electron chi connectivity index (χ3n) is 4.90. The van der Waals surface area contributed by atoms with Gasteiger partial charge in [0.05, 0.1) is 10.5 Å². The van der Waals surface area contributed by atoms with E-state index >= 15 is 0 Å². The van der Waals surface area contributed by atoms with Crippen LogP contribution in [-0.4, -0.2) is 32.0 Å². The summed E-state index contributed by atoms with van der Waals surface area (Å²) in [7, 11) is -1.05. The van der Waals surface area contributed by atoms with Crippen LogP contribution in [0.5, 0.6) is 0 Å². The molecule has 2 aliphatic carbocycles. The van der Waals surface area contributed by atoms with Crippen LogP contribution < -0.4 is 5.32 Å². The Bertz CT molecular complexity index is 373. The van der Waals surface area contributed by atoms with Crippen molar-refractivity contribution in [2.45, 2.75) is 68.9 Å². The molecule has 18 heavy (non-hydrogen) atoms. The lowest BCUT2D eigenvalue weighted by atomic mass is 9.80. The van der Waals surface area contributed by atoms with Gasteiger partial charge in [-0.3, -0.25) is 0 Å². The van der Waals surface area contributed by atoms with Crippen molar-refractivity contribution in [2.75, 3.05) is 7.05 Å². The molecule has 2 fully saturated rings. The molecule has 0 heterocycles. The lowest BCUT2D eigenvalue weighted by molar-refractivity contribution is 0.248. The quantitative estimate of drug-likeness (QED) is 0.858. The standard InChI is InChI=1S/C14H27NO2S/c1-10-8-11(2)14(13(9-10)15-3)18(16,17)12-6-4-5-7-12/h10-15H,4-9H2,1-3H3. The minimum atomic E-state index is -2.96. The maximum atomic E-state index is 12.8. The summed E-state index contributed by atoms with van der Waals surface area (Å²) >= 11 is 0. The first-order valence-electron chi connectivity index (χ1n) is 7.36. The van der Waals surface area contributed by atoms with Crippen LogP contribution in [0.4, 0.5) is 0 Å². The molecule has 0 spiro atoms. The number of hydrogen-bond donors (Lipinski definition) is 1. The van der Waals surface area contributed by atoms with Crippen molar-refractivity contribution in [3.8, 4) is 0 Å². The molecule has 0 aromatic rings. The Balaban J connectivity index is 2.23. The summed E-state index contributed by atoms with van der Waals surface area (Å²) < 4.78 is 25.7. The molecule has 0 amide bonds. The van der Waals surface area contributed by atoms with Gasteiger partial charge < -0.3 is 5.32 Å². The van der Waals surface area contributed by atoms with Gasteiger partial charge in [0.2, 0.25) is 0 Å². The second-order valence-corrected chi connectivity index (χ2v) is 8.80. The lowest BCUT2D eigenvalue weighted by Crippen LogP contribution is -2.52. The summed E-state index contributed by atoms with van der Waals surface area (Å²) in [5.41, 5.74) is 0. The minimum absolute atomic E-state index is 0.0609. The van der Waals surface area contributed by atoms with E-state index in [0.29, 0.717) is 5.92 Å². The summed E-state index contributed by atoms with van der Waals surface area (Å²) in [4.78, 5) is 0. The van der Waals surface area contributed by atoms with Crippen molar-refractivity contribution >= 4 is 9.84 Å². The van der Waals surface area contributed by atoms with Crippen molar-refractivity contribution in [3.63, 3.8) is 0 Å². The Kier molecular flexibility index (Phi) is 4.37. The van der Waals surface area contributed by atoms with Crippen molar-refractivity contribution in [2.24, 2.45) is 11.8 Å². The highest BCUT2D eigenvalue weighted by Crippen LogP contribution is 2.38. The zero-order valence-electron chi connectivity index (χ0n) is 11.9. The predicted octanol–water partition coefficient (Wildman–Crippen LogP) is 2.37. The molecule has 0 radical (unpaired) electrons. The van der Waals surface area contributed by atoms with E-state index in [0.717, 1.165) is 38.5 Å². The topological polar surface area (TPSA) is 46.2 Å². The van der Waals surface area contributed by atoms with Gasteiger partial charge in [0.15, 0.2) is 9.84 Å². The highest BCUT2D eigenvalue weighted by atomic mass is 32.2. The van der Waals surface area contributed by atoms with Gasteiger partial charge >= 0.3 is 0 Å². The van der Waals surface area contributed by atoms with Crippen molar-refractivity contribution in [1.29, 1.82) is 0 Å². The van der Waals surface area contributed by atoms with Crippen LogP contribution >= 0.6 is 0 Å². The fourth-order valence-corrected chi connectivity index (χ4v) is 7.00. The second-order valence-electron chi connectivity index (χ2n) is 6.41. The Hall–Kier alpha value is -0.0900. The Morgan fingerprint density at radius 1 is 1.06 bits per heavy atom. The fraction of sp³-hybridized carbons (Fsp3) is 1.00. The highest BCUT2D eigenvalue weighted by molar-refractivity contribution is 7.92. The molecule has 1 N–H and O–H groups in total. The van der Waals surface area contributed by atoms with Crippen LogP contribution in [0.3, 0.4) is 0 Å². The summed E-state index contributed by atoms with van der Waals surface area (Å²) in [5.74, 6) is 0.921. The molecule has 106 valence electrons. The predicted molar refractivity (Wildman–Crippen MR) is 75.4 cm³/mol. The molecular weight excluding hydrogens is 246 g/mol. The first kappa shape index (κ1) is 14.3. The van der Waals surface area contributed by atoms with E-state index in [1.807, 2.05) is 7.05 Å². The first-order chi connectivity index (χ1) is 8.46. The van der Waals surface area contributed by atoms with Crippen LogP contribution in [0.15, 0.2) is 0 Å². The van der Waals surface area contributed by atoms with E-state index in [2.05, 4.69) is 19.2 Å². The van der Waals surface area contributed by atoms with Crippen molar-refractivity contribution < 1.29 is 8.42 Å². The summed E-state index contributed by atoms with van der Waals surface area (Å²) in [6.07, 6.45) is 6.00. The molecule has 0 aromatic heterocycles. The fourth-order valence-electron chi connectivity index (χ4n) is 4.10. The summed E-state index contributed by atoms with van der Waals surface area (Å²) in [6.45, 7) is 4.36. The van der Waals surface area contributed by atoms with E-state index in [-0.39, 0.29) is 22.5 Å². The lowest BCUT2D eigenvalue weighted by Gasteiger charge is -2.40. The SMILES string of the molecule is CNC1CC(C)CC(C)C1S(=O)(=O)C1CCCC1. The Morgan fingerprint density at radius 3 is 2.22 bits per heavy atom. The molecule has 4 heteroatoms. The summed E-state index contributed by atoms with van der Waals surface area (Å²) in [6, 6.07) is 0.148. The molecule has 4 unspecified atom stereocenters. The maximum absolute atomic E-state index is 12.8. The Labute approximate surface area is 112 Å². The minimum Gasteiger partial charge on any atom is -0.316 e. The molecule has 2 saturated carbocycles. The van der Waals surface area contributed by atoms with Crippen molar-refractivity contribution in [1.82, 2.24) is 5.32 Å². The number of nitrogens with one attached hydrogen (secondary N) is 1. The third-order valence-corrected chi connectivity index (χ3v) is 7.86. The van der Waals surface area contributed by atoms with Gasteiger partial charge in [-0.25, -0.2) is 8.42 Å². The smallest absolute Gasteiger partial charge is 0.157 e. The molecule has 4 atom stereocenters. The van der Waals surface area contributed by atoms with Crippen LogP contribution in [0.2, 0.25) is 0 Å². The van der Waals surface area contributed by atoms with Crippen LogP contribution in [0.25, 0.3) is 0 Å². The van der Waals surface area contributed by atoms with Gasteiger partial charge in [-0.2, -0.15) is 0 Å². The maximum Gasteiger partial charge on any atom is 0.157 e. The van der Waals surface area contributed by atoms with Crippen LogP contribution in [-0.2, 0) is 9.84 Å². The molecule has 0 aliphatic heterocycles. The average molecular weight is 273 g/mol. The third kappa shape index (κ3) is 2.60. The number of rotatable bonds is 3. The van der Waals surface area contributed by atoms with Gasteiger partial charge in [-0.05, 0) is 44.6 Å². The molecule has 3 nitrogen and oxygen atoms in total. The molecular formula is C14H27NO2S. The number of hydrogen-bond acceptors (Lipinski definition) is 3. The van der Waals surface area contributed by atoms with Gasteiger partial charge in [-0.1, -0.05) is 26.7 Å². The normalized spacial score (nSPS) is 39.1. The van der Waals surface area contributed by atoms with Crippen LogP contribution in [0, 0.1) is 11.8 Å². The highest BCUT2D eigenvalue weighted by Gasteiger charge is 2.45. The Morgan fingerprint density at radius 2 is 1.67 bits per heavy atom. The van der Waals surface area contributed by atoms with E-state index in [1.54, 1.807) is 0 Å². The molecule has 0 saturated heterocycles. The molecule has 2 aliphatic rings. The van der Waals surface area contributed by atoms with Gasteiger partial charge in [0, 0.05) is 6.04 Å². The van der Waals surface area contributed by atoms with Gasteiger partial charge in [-0.15, -0.1) is 0 Å². The zero-order valence-corrected chi connectivity index (χ0v) is 12.7. The molecule has 0 aromatic carbocycles. The second kappa shape index (κ2) is 5.49. The monoisotopic (exact) mass is 273 g/mol. The van der Waals surface area contributed by atoms with Gasteiger partial charge in [0.1, 0.15) is 0 Å². The zero-order chi connectivity index (χ0) is 13.3. The van der Waals surface area contributed by atoms with E-state index in [1.165, 1.54) is 0 Å². The van der Waals surface area contributed by atoms with E-state index in [4.69, 9.17) is 0 Å². The number of sulfone groups is 1. The van der Waals surface area contributed by atoms with Gasteiger partial charge in [0.25, 0.3) is 0 Å². The first-order valence-corrected chi connectivity index (χ1v) is 8.97. The summed E-state index contributed by atoms with van der Waals surface area (Å²) in [5, 5.41) is 3.04.